The van der Waals surface area contributed by atoms with Gasteiger partial charge in [0.2, 0.25) is 5.89 Å². The number of methoxy groups -OCH3 is 2. The number of carboxylic acids is 1. The second-order valence-corrected chi connectivity index (χ2v) is 8.73. The van der Waals surface area contributed by atoms with Crippen LogP contribution in [-0.4, -0.2) is 35.5 Å². The minimum atomic E-state index is -1.11. The van der Waals surface area contributed by atoms with Crippen LogP contribution in [0.2, 0.25) is 0 Å². The van der Waals surface area contributed by atoms with E-state index in [2.05, 4.69) is 10.2 Å². The van der Waals surface area contributed by atoms with Crippen molar-refractivity contribution in [1.82, 2.24) is 10.2 Å². The van der Waals surface area contributed by atoms with Crippen LogP contribution in [0.25, 0.3) is 17.5 Å². The Morgan fingerprint density at radius 1 is 0.944 bits per heavy atom. The van der Waals surface area contributed by atoms with Crippen LogP contribution in [-0.2, 0) is 11.4 Å². The van der Waals surface area contributed by atoms with Crippen LogP contribution in [0.5, 0.6) is 17.2 Å². The average Bonchev–Trinajstić information content (AvgIpc) is 3.37. The van der Waals surface area contributed by atoms with Gasteiger partial charge >= 0.3 is 5.97 Å². The maximum atomic E-state index is 11.9. The molecule has 3 aromatic carbocycles. The lowest BCUT2D eigenvalue weighted by atomic mass is 10.1. The maximum absolute atomic E-state index is 11.9. The van der Waals surface area contributed by atoms with E-state index in [0.29, 0.717) is 35.0 Å². The number of nitrogens with zero attached hydrogens (tertiary/aromatic N) is 2. The molecule has 0 spiro atoms. The summed E-state index contributed by atoms with van der Waals surface area (Å²) in [5, 5.41) is 17.8. The quantitative estimate of drug-likeness (QED) is 0.210. The molecule has 0 aliphatic heterocycles. The van der Waals surface area contributed by atoms with E-state index < -0.39 is 5.97 Å². The molecule has 0 aliphatic carbocycles. The van der Waals surface area contributed by atoms with Gasteiger partial charge in [-0.05, 0) is 60.2 Å². The predicted octanol–water partition coefficient (Wildman–Crippen LogP) is 5.86. The minimum absolute atomic E-state index is 0.0294. The van der Waals surface area contributed by atoms with Gasteiger partial charge in [-0.15, -0.1) is 10.2 Å². The Morgan fingerprint density at radius 3 is 2.22 bits per heavy atom. The zero-order valence-electron chi connectivity index (χ0n) is 19.9. The first-order valence-corrected chi connectivity index (χ1v) is 11.7. The highest BCUT2D eigenvalue weighted by molar-refractivity contribution is 8.03. The fourth-order valence-corrected chi connectivity index (χ4v) is 3.86. The molecule has 0 saturated heterocycles. The fourth-order valence-electron chi connectivity index (χ4n) is 3.19. The van der Waals surface area contributed by atoms with Crippen molar-refractivity contribution in [1.29, 1.82) is 0 Å². The van der Waals surface area contributed by atoms with E-state index in [9.17, 15) is 9.90 Å². The average molecular weight is 505 g/mol. The summed E-state index contributed by atoms with van der Waals surface area (Å²) in [5.74, 6) is 0.924. The number of aliphatic carboxylic acids is 1. The topological polar surface area (TPSA) is 104 Å². The van der Waals surface area contributed by atoms with Crippen LogP contribution in [0.1, 0.15) is 16.7 Å². The van der Waals surface area contributed by atoms with Crippen molar-refractivity contribution in [3.05, 3.63) is 88.3 Å². The number of rotatable bonds is 10. The highest BCUT2D eigenvalue weighted by atomic mass is 32.2. The van der Waals surface area contributed by atoms with E-state index in [4.69, 9.17) is 18.6 Å². The van der Waals surface area contributed by atoms with E-state index in [-0.39, 0.29) is 16.0 Å². The Kier molecular flexibility index (Phi) is 7.92. The molecular weight excluding hydrogens is 480 g/mol. The molecule has 0 amide bonds. The Labute approximate surface area is 212 Å². The molecule has 0 aliphatic rings. The van der Waals surface area contributed by atoms with E-state index in [1.54, 1.807) is 56.7 Å². The number of carbonyl (C=O) groups is 1. The van der Waals surface area contributed by atoms with Crippen molar-refractivity contribution < 1.29 is 28.5 Å². The lowest BCUT2D eigenvalue weighted by molar-refractivity contribution is -0.131. The Hall–Kier alpha value is -4.24. The predicted molar refractivity (Wildman–Crippen MR) is 136 cm³/mol. The number of benzene rings is 3. The Balaban J connectivity index is 1.45. The first-order valence-electron chi connectivity index (χ1n) is 10.9. The zero-order valence-corrected chi connectivity index (χ0v) is 20.7. The summed E-state index contributed by atoms with van der Waals surface area (Å²) < 4.78 is 22.0. The molecule has 0 atom stereocenters. The van der Waals surface area contributed by atoms with Crippen molar-refractivity contribution in [2.45, 2.75) is 18.8 Å². The van der Waals surface area contributed by atoms with Gasteiger partial charge < -0.3 is 23.7 Å². The molecule has 9 heteroatoms. The van der Waals surface area contributed by atoms with Gasteiger partial charge in [-0.3, -0.25) is 0 Å². The van der Waals surface area contributed by atoms with Crippen LogP contribution >= 0.6 is 11.8 Å². The van der Waals surface area contributed by atoms with Crippen LogP contribution < -0.4 is 14.2 Å². The molecule has 1 heterocycles. The van der Waals surface area contributed by atoms with Gasteiger partial charge in [-0.2, -0.15) is 0 Å². The van der Waals surface area contributed by atoms with E-state index in [1.807, 2.05) is 31.2 Å². The molecule has 1 N–H and O–H groups in total. The standard InChI is InChI=1S/C27H24N2O6S/c1-17-4-6-19(7-5-17)16-34-21-10-8-18(9-11-21)12-24(26(30)31)36-27-29-28-25(35-27)20-13-22(32-2)15-23(14-20)33-3/h4-15H,16H2,1-3H3,(H,30,31)/b24-12-. The molecular formula is C27H24N2O6S. The maximum Gasteiger partial charge on any atom is 0.342 e. The third-order valence-electron chi connectivity index (χ3n) is 5.12. The van der Waals surface area contributed by atoms with Gasteiger partial charge in [0.1, 0.15) is 28.8 Å². The van der Waals surface area contributed by atoms with Crippen molar-refractivity contribution in [2.24, 2.45) is 0 Å². The van der Waals surface area contributed by atoms with E-state index in [0.717, 1.165) is 17.3 Å². The molecule has 184 valence electrons. The van der Waals surface area contributed by atoms with Crippen molar-refractivity contribution >= 4 is 23.8 Å². The Bertz CT molecular complexity index is 1340. The van der Waals surface area contributed by atoms with Gasteiger partial charge in [0.25, 0.3) is 5.22 Å². The highest BCUT2D eigenvalue weighted by Crippen LogP contribution is 2.33. The lowest BCUT2D eigenvalue weighted by Crippen LogP contribution is -1.97. The van der Waals surface area contributed by atoms with Gasteiger partial charge in [0.15, 0.2) is 0 Å². The molecule has 4 aromatic rings. The fraction of sp³-hybridized carbons (Fsp3) is 0.148. The van der Waals surface area contributed by atoms with Gasteiger partial charge in [-0.25, -0.2) is 4.79 Å². The summed E-state index contributed by atoms with van der Waals surface area (Å²) >= 11 is 0.867. The van der Waals surface area contributed by atoms with Crippen molar-refractivity contribution in [3.63, 3.8) is 0 Å². The summed E-state index contributed by atoms with van der Waals surface area (Å²) in [4.78, 5) is 11.9. The third kappa shape index (κ3) is 6.45. The second-order valence-electron chi connectivity index (χ2n) is 7.73. The third-order valence-corrected chi connectivity index (χ3v) is 5.97. The molecule has 4 rings (SSSR count). The number of hydrogen-bond acceptors (Lipinski definition) is 8. The van der Waals surface area contributed by atoms with Crippen LogP contribution in [0.4, 0.5) is 0 Å². The molecule has 0 radical (unpaired) electrons. The minimum Gasteiger partial charge on any atom is -0.497 e. The van der Waals surface area contributed by atoms with Gasteiger partial charge in [0, 0.05) is 11.6 Å². The zero-order chi connectivity index (χ0) is 25.5. The summed E-state index contributed by atoms with van der Waals surface area (Å²) in [5.41, 5.74) is 3.55. The molecule has 0 unspecified atom stereocenters. The van der Waals surface area contributed by atoms with Crippen LogP contribution in [0.3, 0.4) is 0 Å². The first kappa shape index (κ1) is 24.9. The van der Waals surface area contributed by atoms with Gasteiger partial charge in [0.05, 0.1) is 14.2 Å². The molecule has 0 fully saturated rings. The SMILES string of the molecule is COc1cc(OC)cc(-c2nnc(S/C(=C\c3ccc(OCc4ccc(C)cc4)cc3)C(=O)O)o2)c1. The molecule has 8 nitrogen and oxygen atoms in total. The smallest absolute Gasteiger partial charge is 0.342 e. The largest absolute Gasteiger partial charge is 0.497 e. The van der Waals surface area contributed by atoms with Crippen molar-refractivity contribution in [2.75, 3.05) is 14.2 Å². The van der Waals surface area contributed by atoms with E-state index in [1.165, 1.54) is 11.6 Å². The lowest BCUT2D eigenvalue weighted by Gasteiger charge is -2.07. The summed E-state index contributed by atoms with van der Waals surface area (Å²) in [6, 6.07) is 20.5. The number of aryl methyl sites for hydroxylation is 1. The van der Waals surface area contributed by atoms with Gasteiger partial charge in [-0.1, -0.05) is 42.0 Å². The van der Waals surface area contributed by atoms with E-state index >= 15 is 0 Å². The number of hydrogen-bond donors (Lipinski definition) is 1. The van der Waals surface area contributed by atoms with Crippen LogP contribution in [0.15, 0.2) is 81.3 Å². The monoisotopic (exact) mass is 504 g/mol. The first-order chi connectivity index (χ1) is 17.4. The number of carboxylic acid groups (broad SMARTS) is 1. The second kappa shape index (κ2) is 11.5. The summed E-state index contributed by atoms with van der Waals surface area (Å²) in [6.45, 7) is 2.49. The molecule has 0 saturated carbocycles. The molecule has 36 heavy (non-hydrogen) atoms. The summed E-state index contributed by atoms with van der Waals surface area (Å²) in [6.07, 6.45) is 1.54. The highest BCUT2D eigenvalue weighted by Gasteiger charge is 2.17. The van der Waals surface area contributed by atoms with Crippen molar-refractivity contribution in [3.8, 4) is 28.7 Å². The number of thioether (sulfide) groups is 1. The van der Waals surface area contributed by atoms with Crippen LogP contribution in [0, 0.1) is 6.92 Å². The Morgan fingerprint density at radius 2 is 1.61 bits per heavy atom. The number of ether oxygens (including phenoxy) is 3. The normalized spacial score (nSPS) is 11.2. The molecule has 1 aromatic heterocycles. The molecule has 0 bridgehead atoms. The number of aromatic nitrogens is 2. The summed E-state index contributed by atoms with van der Waals surface area (Å²) in [7, 11) is 3.08.